The summed E-state index contributed by atoms with van der Waals surface area (Å²) < 4.78 is 1.44. The number of pyridine rings is 1. The molecule has 0 radical (unpaired) electrons. The molecule has 0 bridgehead atoms. The molecule has 64 valence electrons. The van der Waals surface area contributed by atoms with E-state index in [4.69, 9.17) is 0 Å². The van der Waals surface area contributed by atoms with Crippen molar-refractivity contribution >= 4 is 11.6 Å². The summed E-state index contributed by atoms with van der Waals surface area (Å²) >= 11 is 0. The Morgan fingerprint density at radius 3 is 2.75 bits per heavy atom. The molecule has 0 saturated carbocycles. The predicted molar refractivity (Wildman–Crippen MR) is 46.0 cm³/mol. The van der Waals surface area contributed by atoms with E-state index in [2.05, 4.69) is 5.32 Å². The second-order valence-electron chi connectivity index (χ2n) is 2.55. The van der Waals surface area contributed by atoms with Gasteiger partial charge >= 0.3 is 0 Å². The lowest BCUT2D eigenvalue weighted by atomic mass is 10.4. The largest absolute Gasteiger partial charge is 0.326 e. The maximum absolute atomic E-state index is 11.0. The molecule has 0 aliphatic heterocycles. The number of nitrogens with zero attached hydrogens (tertiary/aromatic N) is 1. The minimum absolute atomic E-state index is 0.138. The zero-order valence-corrected chi connectivity index (χ0v) is 7.00. The molecule has 0 unspecified atom stereocenters. The number of aryl methyl sites for hydroxylation is 1. The lowest BCUT2D eigenvalue weighted by Gasteiger charge is -2.01. The fourth-order valence-corrected chi connectivity index (χ4v) is 0.830. The van der Waals surface area contributed by atoms with Crippen molar-refractivity contribution in [1.82, 2.24) is 4.57 Å². The SMILES string of the molecule is CC(=O)Nc1ccn(C)c(=O)c1. The standard InChI is InChI=1S/C8H10N2O2/c1-6(11)9-7-3-4-10(2)8(12)5-7/h3-5H,1-2H3,(H,9,11). The first-order valence-electron chi connectivity index (χ1n) is 3.54. The number of hydrogen-bond donors (Lipinski definition) is 1. The molecule has 12 heavy (non-hydrogen) atoms. The summed E-state index contributed by atoms with van der Waals surface area (Å²) in [5.74, 6) is -0.178. The van der Waals surface area contributed by atoms with E-state index in [1.54, 1.807) is 19.3 Å². The van der Waals surface area contributed by atoms with Gasteiger partial charge in [0.2, 0.25) is 5.91 Å². The van der Waals surface area contributed by atoms with Gasteiger partial charge in [0.1, 0.15) is 0 Å². The Labute approximate surface area is 69.8 Å². The second kappa shape index (κ2) is 3.21. The zero-order valence-electron chi connectivity index (χ0n) is 7.00. The fourth-order valence-electron chi connectivity index (χ4n) is 0.830. The number of nitrogens with one attached hydrogen (secondary N) is 1. The van der Waals surface area contributed by atoms with Crippen LogP contribution in [0.4, 0.5) is 5.69 Å². The van der Waals surface area contributed by atoms with Crippen molar-refractivity contribution in [2.45, 2.75) is 6.92 Å². The molecule has 4 nitrogen and oxygen atoms in total. The lowest BCUT2D eigenvalue weighted by molar-refractivity contribution is -0.114. The Balaban J connectivity index is 2.97. The van der Waals surface area contributed by atoms with Crippen LogP contribution in [-0.4, -0.2) is 10.5 Å². The maximum atomic E-state index is 11.0. The molecule has 0 aliphatic rings. The highest BCUT2D eigenvalue weighted by Gasteiger charge is 1.96. The van der Waals surface area contributed by atoms with Gasteiger partial charge in [-0.25, -0.2) is 0 Å². The van der Waals surface area contributed by atoms with E-state index in [0.29, 0.717) is 5.69 Å². The molecule has 4 heteroatoms. The molecule has 0 atom stereocenters. The first kappa shape index (κ1) is 8.52. The quantitative estimate of drug-likeness (QED) is 0.654. The monoisotopic (exact) mass is 166 g/mol. The normalized spacial score (nSPS) is 9.50. The van der Waals surface area contributed by atoms with Gasteiger partial charge in [-0.05, 0) is 6.07 Å². The van der Waals surface area contributed by atoms with E-state index in [0.717, 1.165) is 0 Å². The van der Waals surface area contributed by atoms with Gasteiger partial charge in [-0.1, -0.05) is 0 Å². The van der Waals surface area contributed by atoms with E-state index < -0.39 is 0 Å². The summed E-state index contributed by atoms with van der Waals surface area (Å²) in [5, 5.41) is 2.52. The van der Waals surface area contributed by atoms with Gasteiger partial charge < -0.3 is 9.88 Å². The number of aromatic nitrogens is 1. The maximum Gasteiger partial charge on any atom is 0.252 e. The molecule has 1 aromatic heterocycles. The van der Waals surface area contributed by atoms with Crippen molar-refractivity contribution < 1.29 is 4.79 Å². The molecule has 1 aromatic rings. The van der Waals surface area contributed by atoms with Crippen LogP contribution < -0.4 is 10.9 Å². The van der Waals surface area contributed by atoms with Crippen molar-refractivity contribution in [3.8, 4) is 0 Å². The molecule has 0 spiro atoms. The number of carbonyl (C=O) groups is 1. The highest BCUT2D eigenvalue weighted by atomic mass is 16.1. The summed E-state index contributed by atoms with van der Waals surface area (Å²) in [6, 6.07) is 3.05. The van der Waals surface area contributed by atoms with Crippen molar-refractivity contribution in [1.29, 1.82) is 0 Å². The van der Waals surface area contributed by atoms with Crippen molar-refractivity contribution in [3.05, 3.63) is 28.7 Å². The summed E-state index contributed by atoms with van der Waals surface area (Å²) in [6.07, 6.45) is 1.60. The minimum atomic E-state index is -0.178. The van der Waals surface area contributed by atoms with Crippen LogP contribution in [0.25, 0.3) is 0 Å². The number of rotatable bonds is 1. The number of hydrogen-bond acceptors (Lipinski definition) is 2. The van der Waals surface area contributed by atoms with Gasteiger partial charge in [0.25, 0.3) is 5.56 Å². The van der Waals surface area contributed by atoms with Gasteiger partial charge in [0.15, 0.2) is 0 Å². The molecule has 1 heterocycles. The summed E-state index contributed by atoms with van der Waals surface area (Å²) in [7, 11) is 1.65. The van der Waals surface area contributed by atoms with Gasteiger partial charge in [-0.3, -0.25) is 9.59 Å². The smallest absolute Gasteiger partial charge is 0.252 e. The summed E-state index contributed by atoms with van der Waals surface area (Å²) in [5.41, 5.74) is 0.395. The average Bonchev–Trinajstić information content (AvgIpc) is 1.96. The third-order valence-corrected chi connectivity index (χ3v) is 1.42. The topological polar surface area (TPSA) is 51.1 Å². The van der Waals surface area contributed by atoms with Gasteiger partial charge in [0, 0.05) is 31.9 Å². The number of anilines is 1. The van der Waals surface area contributed by atoms with Crippen LogP contribution in [0.3, 0.4) is 0 Å². The second-order valence-corrected chi connectivity index (χ2v) is 2.55. The minimum Gasteiger partial charge on any atom is -0.326 e. The van der Waals surface area contributed by atoms with Crippen LogP contribution in [0, 0.1) is 0 Å². The third kappa shape index (κ3) is 1.95. The van der Waals surface area contributed by atoms with Crippen molar-refractivity contribution in [3.63, 3.8) is 0 Å². The Kier molecular flexibility index (Phi) is 2.28. The van der Waals surface area contributed by atoms with Gasteiger partial charge in [0.05, 0.1) is 0 Å². The highest BCUT2D eigenvalue weighted by Crippen LogP contribution is 2.00. The number of amides is 1. The van der Waals surface area contributed by atoms with Crippen LogP contribution in [-0.2, 0) is 11.8 Å². The molecule has 0 fully saturated rings. The molecule has 1 amide bonds. The van der Waals surface area contributed by atoms with E-state index in [1.807, 2.05) is 0 Å². The summed E-state index contributed by atoms with van der Waals surface area (Å²) in [6.45, 7) is 1.40. The average molecular weight is 166 g/mol. The first-order valence-corrected chi connectivity index (χ1v) is 3.54. The molecule has 1 rings (SSSR count). The molecule has 0 aliphatic carbocycles. The van der Waals surface area contributed by atoms with Gasteiger partial charge in [-0.2, -0.15) is 0 Å². The number of carbonyl (C=O) groups excluding carboxylic acids is 1. The summed E-state index contributed by atoms with van der Waals surface area (Å²) in [4.78, 5) is 21.6. The molecule has 0 saturated heterocycles. The molecule has 1 N–H and O–H groups in total. The Hall–Kier alpha value is -1.58. The van der Waals surface area contributed by atoms with E-state index >= 15 is 0 Å². The van der Waals surface area contributed by atoms with Crippen LogP contribution in [0.15, 0.2) is 23.1 Å². The van der Waals surface area contributed by atoms with E-state index in [-0.39, 0.29) is 11.5 Å². The van der Waals surface area contributed by atoms with Crippen LogP contribution in [0.1, 0.15) is 6.92 Å². The Bertz CT molecular complexity index is 354. The van der Waals surface area contributed by atoms with E-state index in [9.17, 15) is 9.59 Å². The first-order chi connectivity index (χ1) is 5.59. The van der Waals surface area contributed by atoms with Crippen molar-refractivity contribution in [2.24, 2.45) is 7.05 Å². The Morgan fingerprint density at radius 1 is 1.58 bits per heavy atom. The van der Waals surface area contributed by atoms with Gasteiger partial charge in [-0.15, -0.1) is 0 Å². The van der Waals surface area contributed by atoms with E-state index in [1.165, 1.54) is 17.6 Å². The predicted octanol–water partition coefficient (Wildman–Crippen LogP) is 0.344. The molecular formula is C8H10N2O2. The zero-order chi connectivity index (χ0) is 9.14. The molecule has 0 aromatic carbocycles. The Morgan fingerprint density at radius 2 is 2.25 bits per heavy atom. The van der Waals surface area contributed by atoms with Crippen molar-refractivity contribution in [2.75, 3.05) is 5.32 Å². The third-order valence-electron chi connectivity index (χ3n) is 1.42. The molecular weight excluding hydrogens is 156 g/mol. The van der Waals surface area contributed by atoms with Crippen LogP contribution in [0.2, 0.25) is 0 Å². The van der Waals surface area contributed by atoms with Crippen LogP contribution >= 0.6 is 0 Å². The fraction of sp³-hybridized carbons (Fsp3) is 0.250. The van der Waals surface area contributed by atoms with Crippen LogP contribution in [0.5, 0.6) is 0 Å². The highest BCUT2D eigenvalue weighted by molar-refractivity contribution is 5.88. The lowest BCUT2D eigenvalue weighted by Crippen LogP contribution is -2.16.